The molecular weight excluding hydrogens is 368 g/mol. The number of rotatable bonds is 7. The standard InChI is InChI=1S/C22H36N4O3/c1-2-16-6-8-17(9-7-16)25(18-10-11-18)15-12-19(27)24-26-20(28)22(23-21(26)29)13-4-3-5-14-22/h16-18H,2-15H2,1H3,(H,23,29)(H,24,27). The van der Waals surface area contributed by atoms with Gasteiger partial charge >= 0.3 is 6.03 Å². The summed E-state index contributed by atoms with van der Waals surface area (Å²) in [6.07, 6.45) is 13.4. The maximum absolute atomic E-state index is 12.8. The molecule has 1 saturated heterocycles. The van der Waals surface area contributed by atoms with Crippen LogP contribution in [0, 0.1) is 5.92 Å². The van der Waals surface area contributed by atoms with E-state index in [4.69, 9.17) is 0 Å². The number of carbonyl (C=O) groups excluding carboxylic acids is 3. The lowest BCUT2D eigenvalue weighted by atomic mass is 9.82. The average molecular weight is 405 g/mol. The molecule has 3 saturated carbocycles. The van der Waals surface area contributed by atoms with E-state index in [0.717, 1.165) is 30.2 Å². The van der Waals surface area contributed by atoms with Crippen molar-refractivity contribution in [1.29, 1.82) is 0 Å². The molecule has 7 nitrogen and oxygen atoms in total. The van der Waals surface area contributed by atoms with Crippen molar-refractivity contribution in [2.24, 2.45) is 5.92 Å². The van der Waals surface area contributed by atoms with Crippen LogP contribution in [0.25, 0.3) is 0 Å². The minimum absolute atomic E-state index is 0.241. The summed E-state index contributed by atoms with van der Waals surface area (Å²) in [5.41, 5.74) is 1.80. The van der Waals surface area contributed by atoms with Crippen molar-refractivity contribution in [3.8, 4) is 0 Å². The van der Waals surface area contributed by atoms with Crippen molar-refractivity contribution in [2.75, 3.05) is 6.54 Å². The maximum Gasteiger partial charge on any atom is 0.344 e. The van der Waals surface area contributed by atoms with Gasteiger partial charge in [0.15, 0.2) is 0 Å². The third kappa shape index (κ3) is 4.44. The predicted molar refractivity (Wildman–Crippen MR) is 110 cm³/mol. The molecule has 4 aliphatic rings. The van der Waals surface area contributed by atoms with Gasteiger partial charge in [-0.2, -0.15) is 5.01 Å². The fraction of sp³-hybridized carbons (Fsp3) is 0.864. The summed E-state index contributed by atoms with van der Waals surface area (Å²) in [6, 6.07) is 0.718. The number of nitrogens with one attached hydrogen (secondary N) is 2. The van der Waals surface area contributed by atoms with Crippen LogP contribution in [0.2, 0.25) is 0 Å². The van der Waals surface area contributed by atoms with Gasteiger partial charge in [0.2, 0.25) is 5.91 Å². The summed E-state index contributed by atoms with van der Waals surface area (Å²) in [7, 11) is 0. The van der Waals surface area contributed by atoms with E-state index in [2.05, 4.69) is 22.6 Å². The molecule has 7 heteroatoms. The first-order chi connectivity index (χ1) is 14.0. The van der Waals surface area contributed by atoms with Crippen molar-refractivity contribution < 1.29 is 14.4 Å². The molecule has 162 valence electrons. The van der Waals surface area contributed by atoms with Gasteiger partial charge < -0.3 is 5.32 Å². The fourth-order valence-corrected chi connectivity index (χ4v) is 5.58. The number of urea groups is 1. The second-order valence-electron chi connectivity index (χ2n) is 9.55. The molecule has 0 bridgehead atoms. The molecule has 1 aliphatic heterocycles. The zero-order valence-electron chi connectivity index (χ0n) is 17.8. The van der Waals surface area contributed by atoms with Gasteiger partial charge in [0.25, 0.3) is 5.91 Å². The second-order valence-corrected chi connectivity index (χ2v) is 9.55. The highest BCUT2D eigenvalue weighted by Crippen LogP contribution is 2.36. The van der Waals surface area contributed by atoms with Gasteiger partial charge in [-0.15, -0.1) is 0 Å². The van der Waals surface area contributed by atoms with Gasteiger partial charge in [0.1, 0.15) is 5.54 Å². The molecule has 0 aromatic rings. The van der Waals surface area contributed by atoms with E-state index in [9.17, 15) is 14.4 Å². The van der Waals surface area contributed by atoms with Crippen LogP contribution in [0.15, 0.2) is 0 Å². The molecule has 0 aromatic carbocycles. The van der Waals surface area contributed by atoms with E-state index < -0.39 is 11.6 Å². The van der Waals surface area contributed by atoms with Gasteiger partial charge in [-0.1, -0.05) is 32.6 Å². The minimum Gasteiger partial charge on any atom is -0.322 e. The number of amides is 4. The summed E-state index contributed by atoms with van der Waals surface area (Å²) in [5.74, 6) is 0.337. The molecular formula is C22H36N4O3. The monoisotopic (exact) mass is 404 g/mol. The lowest BCUT2D eigenvalue weighted by Crippen LogP contribution is -2.51. The first-order valence-corrected chi connectivity index (χ1v) is 11.7. The first-order valence-electron chi connectivity index (χ1n) is 11.7. The third-order valence-electron chi connectivity index (χ3n) is 7.58. The van der Waals surface area contributed by atoms with Crippen molar-refractivity contribution in [3.63, 3.8) is 0 Å². The molecule has 1 heterocycles. The van der Waals surface area contributed by atoms with Gasteiger partial charge in [0, 0.05) is 25.0 Å². The van der Waals surface area contributed by atoms with E-state index in [1.807, 2.05) is 0 Å². The summed E-state index contributed by atoms with van der Waals surface area (Å²) in [4.78, 5) is 40.2. The van der Waals surface area contributed by atoms with Crippen LogP contribution in [0.1, 0.15) is 90.4 Å². The zero-order valence-corrected chi connectivity index (χ0v) is 17.8. The molecule has 0 unspecified atom stereocenters. The van der Waals surface area contributed by atoms with Crippen LogP contribution in [-0.2, 0) is 9.59 Å². The Kier molecular flexibility index (Phi) is 6.13. The SMILES string of the molecule is CCC1CCC(N(CCC(=O)NN2C(=O)NC3(CCCCC3)C2=O)C2CC2)CC1. The molecule has 3 aliphatic carbocycles. The molecule has 4 amide bonds. The molecule has 4 fully saturated rings. The van der Waals surface area contributed by atoms with Crippen LogP contribution in [-0.4, -0.2) is 51.9 Å². The lowest BCUT2D eigenvalue weighted by Gasteiger charge is -2.37. The normalized spacial score (nSPS) is 29.4. The predicted octanol–water partition coefficient (Wildman–Crippen LogP) is 3.10. The van der Waals surface area contributed by atoms with Crippen molar-refractivity contribution >= 4 is 17.8 Å². The van der Waals surface area contributed by atoms with Gasteiger partial charge in [-0.3, -0.25) is 19.9 Å². The summed E-state index contributed by atoms with van der Waals surface area (Å²) in [6.45, 7) is 2.99. The number of nitrogens with zero attached hydrogens (tertiary/aromatic N) is 2. The Bertz CT molecular complexity index is 634. The van der Waals surface area contributed by atoms with E-state index >= 15 is 0 Å². The van der Waals surface area contributed by atoms with E-state index in [-0.39, 0.29) is 11.8 Å². The van der Waals surface area contributed by atoms with E-state index in [0.29, 0.717) is 37.9 Å². The molecule has 0 aromatic heterocycles. The largest absolute Gasteiger partial charge is 0.344 e. The quantitative estimate of drug-likeness (QED) is 0.639. The Morgan fingerprint density at radius 2 is 1.69 bits per heavy atom. The van der Waals surface area contributed by atoms with Crippen LogP contribution in [0.5, 0.6) is 0 Å². The number of hydrazine groups is 1. The van der Waals surface area contributed by atoms with Crippen LogP contribution in [0.3, 0.4) is 0 Å². The van der Waals surface area contributed by atoms with Gasteiger partial charge in [-0.05, 0) is 57.3 Å². The maximum atomic E-state index is 12.8. The Morgan fingerprint density at radius 3 is 2.28 bits per heavy atom. The van der Waals surface area contributed by atoms with Crippen molar-refractivity contribution in [1.82, 2.24) is 20.7 Å². The Morgan fingerprint density at radius 1 is 1.07 bits per heavy atom. The number of carbonyl (C=O) groups is 3. The number of hydrogen-bond acceptors (Lipinski definition) is 4. The fourth-order valence-electron chi connectivity index (χ4n) is 5.58. The molecule has 1 spiro atoms. The zero-order chi connectivity index (χ0) is 20.4. The first kappa shape index (κ1) is 20.6. The topological polar surface area (TPSA) is 81.8 Å². The van der Waals surface area contributed by atoms with Crippen LogP contribution >= 0.6 is 0 Å². The van der Waals surface area contributed by atoms with E-state index in [1.54, 1.807) is 0 Å². The highest BCUT2D eigenvalue weighted by Gasteiger charge is 2.52. The van der Waals surface area contributed by atoms with Gasteiger partial charge in [0.05, 0.1) is 0 Å². The number of imide groups is 1. The second kappa shape index (κ2) is 8.62. The Balaban J connectivity index is 1.29. The molecule has 0 atom stereocenters. The minimum atomic E-state index is -0.791. The molecule has 0 radical (unpaired) electrons. The Labute approximate surface area is 173 Å². The molecule has 29 heavy (non-hydrogen) atoms. The average Bonchev–Trinajstić information content (AvgIpc) is 3.54. The smallest absolute Gasteiger partial charge is 0.322 e. The van der Waals surface area contributed by atoms with Crippen molar-refractivity contribution in [2.45, 2.75) is 108 Å². The highest BCUT2D eigenvalue weighted by molar-refractivity contribution is 6.08. The van der Waals surface area contributed by atoms with E-state index in [1.165, 1.54) is 44.9 Å². The summed E-state index contributed by atoms with van der Waals surface area (Å²) in [5, 5.41) is 3.77. The third-order valence-corrected chi connectivity index (χ3v) is 7.58. The van der Waals surface area contributed by atoms with Crippen molar-refractivity contribution in [3.05, 3.63) is 0 Å². The lowest BCUT2D eigenvalue weighted by molar-refractivity contribution is -0.140. The Hall–Kier alpha value is -1.63. The molecule has 4 rings (SSSR count). The molecule has 2 N–H and O–H groups in total. The summed E-state index contributed by atoms with van der Waals surface area (Å²) < 4.78 is 0. The van der Waals surface area contributed by atoms with Gasteiger partial charge in [-0.25, -0.2) is 4.79 Å². The number of hydrogen-bond donors (Lipinski definition) is 2. The van der Waals surface area contributed by atoms with Crippen LogP contribution in [0.4, 0.5) is 4.79 Å². The van der Waals surface area contributed by atoms with Crippen LogP contribution < -0.4 is 10.7 Å². The highest BCUT2D eigenvalue weighted by atomic mass is 16.2. The summed E-state index contributed by atoms with van der Waals surface area (Å²) >= 11 is 0.